The highest BCUT2D eigenvalue weighted by molar-refractivity contribution is 9.10. The largest absolute Gasteiger partial charge is 0.381 e. The molecule has 19 heavy (non-hydrogen) atoms. The Morgan fingerprint density at radius 3 is 3.16 bits per heavy atom. The Hall–Kier alpha value is -1.01. The van der Waals surface area contributed by atoms with Gasteiger partial charge in [-0.25, -0.2) is 4.98 Å². The Kier molecular flexibility index (Phi) is 4.87. The maximum Gasteiger partial charge on any atom is 0.273 e. The van der Waals surface area contributed by atoms with Gasteiger partial charge in [0.1, 0.15) is 5.69 Å². The molecule has 104 valence electrons. The molecular weight excluding hydrogens is 315 g/mol. The second kappa shape index (κ2) is 6.43. The molecule has 0 N–H and O–H groups in total. The molecule has 2 rings (SSSR count). The normalized spacial score (nSPS) is 18.9. The first-order valence-corrected chi connectivity index (χ1v) is 7.10. The van der Waals surface area contributed by atoms with Crippen LogP contribution >= 0.6 is 15.9 Å². The smallest absolute Gasteiger partial charge is 0.273 e. The van der Waals surface area contributed by atoms with Gasteiger partial charge in [0.05, 0.1) is 6.61 Å². The Morgan fingerprint density at radius 2 is 2.42 bits per heavy atom. The number of hydrogen-bond acceptors (Lipinski definition) is 3. The van der Waals surface area contributed by atoms with E-state index in [1.165, 1.54) is 12.1 Å². The predicted octanol–water partition coefficient (Wildman–Crippen LogP) is 2.48. The van der Waals surface area contributed by atoms with E-state index in [0.29, 0.717) is 36.7 Å². The van der Waals surface area contributed by atoms with Crippen molar-refractivity contribution in [2.45, 2.75) is 13.3 Å². The molecule has 0 aromatic carbocycles. The fourth-order valence-electron chi connectivity index (χ4n) is 2.16. The molecule has 0 radical (unpaired) electrons. The Bertz CT molecular complexity index is 470. The molecule has 0 aliphatic carbocycles. The molecular formula is C13H16BrFN2O2. The van der Waals surface area contributed by atoms with Gasteiger partial charge in [-0.15, -0.1) is 0 Å². The summed E-state index contributed by atoms with van der Waals surface area (Å²) in [6.45, 7) is 4.61. The van der Waals surface area contributed by atoms with Crippen molar-refractivity contribution in [3.05, 3.63) is 28.2 Å². The van der Waals surface area contributed by atoms with Crippen LogP contribution in [0.1, 0.15) is 23.8 Å². The van der Waals surface area contributed by atoms with E-state index in [-0.39, 0.29) is 11.6 Å². The summed E-state index contributed by atoms with van der Waals surface area (Å²) in [5.41, 5.74) is 0.136. The summed E-state index contributed by atoms with van der Waals surface area (Å²) in [4.78, 5) is 17.6. The average molecular weight is 331 g/mol. The van der Waals surface area contributed by atoms with Crippen LogP contribution in [0.4, 0.5) is 4.39 Å². The van der Waals surface area contributed by atoms with E-state index in [1.807, 2.05) is 6.92 Å². The van der Waals surface area contributed by atoms with E-state index >= 15 is 0 Å². The number of halogens is 2. The van der Waals surface area contributed by atoms with Crippen molar-refractivity contribution in [2.75, 3.05) is 26.3 Å². The molecule has 4 nitrogen and oxygen atoms in total. The van der Waals surface area contributed by atoms with Crippen molar-refractivity contribution in [3.8, 4) is 0 Å². The third-order valence-electron chi connectivity index (χ3n) is 3.15. The van der Waals surface area contributed by atoms with E-state index in [1.54, 1.807) is 4.90 Å². The molecule has 1 aliphatic heterocycles. The van der Waals surface area contributed by atoms with Crippen LogP contribution < -0.4 is 0 Å². The Morgan fingerprint density at radius 1 is 1.63 bits per heavy atom. The Labute approximate surface area is 120 Å². The minimum Gasteiger partial charge on any atom is -0.381 e. The quantitative estimate of drug-likeness (QED) is 0.796. The second-order valence-electron chi connectivity index (χ2n) is 4.53. The van der Waals surface area contributed by atoms with Gasteiger partial charge >= 0.3 is 0 Å². The van der Waals surface area contributed by atoms with Crippen LogP contribution in [0.2, 0.25) is 0 Å². The van der Waals surface area contributed by atoms with E-state index in [2.05, 4.69) is 20.9 Å². The highest BCUT2D eigenvalue weighted by Gasteiger charge is 2.28. The molecule has 1 fully saturated rings. The molecule has 2 heterocycles. The topological polar surface area (TPSA) is 42.4 Å². The standard InChI is InChI=1S/C13H16BrFN2O2/c1-2-19-8-9-5-6-17(7-9)13(18)12-10(14)3-4-11(15)16-12/h3-4,9H,2,5-8H2,1H3/t9-/m1/s1. The molecule has 6 heteroatoms. The number of rotatable bonds is 4. The van der Waals surface area contributed by atoms with E-state index in [4.69, 9.17) is 4.74 Å². The van der Waals surface area contributed by atoms with E-state index < -0.39 is 5.95 Å². The molecule has 1 aromatic heterocycles. The SMILES string of the molecule is CCOC[C@@H]1CCN(C(=O)c2nc(F)ccc2Br)C1. The number of ether oxygens (including phenoxy) is 1. The maximum absolute atomic E-state index is 13.1. The summed E-state index contributed by atoms with van der Waals surface area (Å²) in [5, 5.41) is 0. The summed E-state index contributed by atoms with van der Waals surface area (Å²) in [7, 11) is 0. The summed E-state index contributed by atoms with van der Waals surface area (Å²) in [6, 6.07) is 2.73. The van der Waals surface area contributed by atoms with Gasteiger partial charge in [0.15, 0.2) is 0 Å². The highest BCUT2D eigenvalue weighted by atomic mass is 79.9. The molecule has 1 atom stereocenters. The van der Waals surface area contributed by atoms with E-state index in [0.717, 1.165) is 6.42 Å². The third kappa shape index (κ3) is 3.51. The van der Waals surface area contributed by atoms with Gasteiger partial charge in [-0.3, -0.25) is 4.79 Å². The minimum absolute atomic E-state index is 0.136. The second-order valence-corrected chi connectivity index (χ2v) is 5.38. The van der Waals surface area contributed by atoms with Gasteiger partial charge in [0, 0.05) is 30.1 Å². The highest BCUT2D eigenvalue weighted by Crippen LogP contribution is 2.22. The van der Waals surface area contributed by atoms with Gasteiger partial charge in [0.25, 0.3) is 5.91 Å². The molecule has 0 spiro atoms. The van der Waals surface area contributed by atoms with Gasteiger partial charge in [-0.1, -0.05) is 0 Å². The van der Waals surface area contributed by atoms with Crippen molar-refractivity contribution in [2.24, 2.45) is 5.92 Å². The molecule has 0 unspecified atom stereocenters. The number of nitrogens with zero attached hydrogens (tertiary/aromatic N) is 2. The lowest BCUT2D eigenvalue weighted by Gasteiger charge is -2.16. The van der Waals surface area contributed by atoms with Gasteiger partial charge in [0.2, 0.25) is 5.95 Å². The van der Waals surface area contributed by atoms with Crippen LogP contribution in [-0.4, -0.2) is 42.1 Å². The van der Waals surface area contributed by atoms with Crippen molar-refractivity contribution in [3.63, 3.8) is 0 Å². The summed E-state index contributed by atoms with van der Waals surface area (Å²) >= 11 is 3.23. The number of pyridine rings is 1. The zero-order valence-corrected chi connectivity index (χ0v) is 12.3. The first kappa shape index (κ1) is 14.4. The number of aromatic nitrogens is 1. The number of carbonyl (C=O) groups excluding carboxylic acids is 1. The van der Waals surface area contributed by atoms with E-state index in [9.17, 15) is 9.18 Å². The Balaban J connectivity index is 2.03. The van der Waals surface area contributed by atoms with Crippen LogP contribution in [0, 0.1) is 11.9 Å². The zero-order chi connectivity index (χ0) is 13.8. The zero-order valence-electron chi connectivity index (χ0n) is 10.7. The minimum atomic E-state index is -0.642. The number of amides is 1. The van der Waals surface area contributed by atoms with Crippen molar-refractivity contribution in [1.29, 1.82) is 0 Å². The number of likely N-dealkylation sites (tertiary alicyclic amines) is 1. The molecule has 1 amide bonds. The maximum atomic E-state index is 13.1. The van der Waals surface area contributed by atoms with Gasteiger partial charge in [-0.2, -0.15) is 4.39 Å². The lowest BCUT2D eigenvalue weighted by atomic mass is 10.1. The molecule has 1 aromatic rings. The fraction of sp³-hybridized carbons (Fsp3) is 0.538. The average Bonchev–Trinajstić information content (AvgIpc) is 2.87. The molecule has 1 saturated heterocycles. The van der Waals surface area contributed by atoms with Crippen LogP contribution in [-0.2, 0) is 4.74 Å². The summed E-state index contributed by atoms with van der Waals surface area (Å²) in [6.07, 6.45) is 0.915. The van der Waals surface area contributed by atoms with Crippen LogP contribution in [0.3, 0.4) is 0 Å². The first-order chi connectivity index (χ1) is 9.11. The van der Waals surface area contributed by atoms with Crippen LogP contribution in [0.25, 0.3) is 0 Å². The monoisotopic (exact) mass is 330 g/mol. The lowest BCUT2D eigenvalue weighted by molar-refractivity contribution is 0.0755. The number of hydrogen-bond donors (Lipinski definition) is 0. The van der Waals surface area contributed by atoms with Crippen LogP contribution in [0.5, 0.6) is 0 Å². The van der Waals surface area contributed by atoms with Crippen molar-refractivity contribution < 1.29 is 13.9 Å². The third-order valence-corrected chi connectivity index (χ3v) is 3.79. The molecule has 0 bridgehead atoms. The number of carbonyl (C=O) groups is 1. The lowest BCUT2D eigenvalue weighted by Crippen LogP contribution is -2.30. The van der Waals surface area contributed by atoms with Crippen molar-refractivity contribution >= 4 is 21.8 Å². The van der Waals surface area contributed by atoms with Gasteiger partial charge in [-0.05, 0) is 41.4 Å². The summed E-state index contributed by atoms with van der Waals surface area (Å²) < 4.78 is 19.0. The van der Waals surface area contributed by atoms with Crippen LogP contribution in [0.15, 0.2) is 16.6 Å². The molecule has 0 saturated carbocycles. The first-order valence-electron chi connectivity index (χ1n) is 6.31. The summed E-state index contributed by atoms with van der Waals surface area (Å²) in [5.74, 6) is -0.516. The predicted molar refractivity (Wildman–Crippen MR) is 72.4 cm³/mol. The van der Waals surface area contributed by atoms with Gasteiger partial charge < -0.3 is 9.64 Å². The fourth-order valence-corrected chi connectivity index (χ4v) is 2.55. The molecule has 1 aliphatic rings. The van der Waals surface area contributed by atoms with Crippen molar-refractivity contribution in [1.82, 2.24) is 9.88 Å².